The highest BCUT2D eigenvalue weighted by molar-refractivity contribution is 7.09. The van der Waals surface area contributed by atoms with Crippen LogP contribution in [0.1, 0.15) is 41.3 Å². The topological polar surface area (TPSA) is 84.2 Å². The second-order valence-corrected chi connectivity index (χ2v) is 8.68. The van der Waals surface area contributed by atoms with Crippen LogP contribution in [0.2, 0.25) is 0 Å². The van der Waals surface area contributed by atoms with Gasteiger partial charge in [0.1, 0.15) is 17.8 Å². The quantitative estimate of drug-likeness (QED) is 0.602. The molecule has 0 saturated carbocycles. The Kier molecular flexibility index (Phi) is 5.00. The third-order valence-corrected chi connectivity index (χ3v) is 6.62. The van der Waals surface area contributed by atoms with Crippen LogP contribution in [0.4, 0.5) is 14.6 Å². The van der Waals surface area contributed by atoms with E-state index in [0.717, 1.165) is 0 Å². The molecule has 0 aliphatic carbocycles. The summed E-state index contributed by atoms with van der Waals surface area (Å²) in [6, 6.07) is 4.95. The van der Waals surface area contributed by atoms with Crippen molar-refractivity contribution in [3.05, 3.63) is 47.2 Å². The smallest absolute Gasteiger partial charge is 0.254 e. The number of aromatic nitrogens is 4. The molecule has 5 rings (SSSR count). The van der Waals surface area contributed by atoms with Crippen molar-refractivity contribution in [3.8, 4) is 10.8 Å². The number of hydrogen-bond acceptors (Lipinski definition) is 6. The molecular weight excluding hydrogens is 438 g/mol. The lowest BCUT2D eigenvalue weighted by Gasteiger charge is -2.36. The zero-order chi connectivity index (χ0) is 22.6. The summed E-state index contributed by atoms with van der Waals surface area (Å²) in [6.07, 6.45) is -1.45. The molecule has 2 aliphatic heterocycles. The Balaban J connectivity index is 1.58. The lowest BCUT2D eigenvalue weighted by atomic mass is 10.1. The molecule has 0 N–H and O–H groups in total. The molecule has 166 valence electrons. The van der Waals surface area contributed by atoms with Crippen LogP contribution >= 0.6 is 11.5 Å². The van der Waals surface area contributed by atoms with E-state index in [1.165, 1.54) is 40.7 Å². The summed E-state index contributed by atoms with van der Waals surface area (Å²) in [6.45, 7) is 4.37. The minimum atomic E-state index is -1.26. The highest BCUT2D eigenvalue weighted by atomic mass is 32.1. The lowest BCUT2D eigenvalue weighted by Crippen LogP contribution is -2.42. The highest BCUT2D eigenvalue weighted by Crippen LogP contribution is 2.39. The van der Waals surface area contributed by atoms with Crippen LogP contribution < -0.4 is 4.90 Å². The van der Waals surface area contributed by atoms with E-state index < -0.39 is 18.0 Å². The predicted octanol–water partition coefficient (Wildman–Crippen LogP) is 3.14. The summed E-state index contributed by atoms with van der Waals surface area (Å²) in [7, 11) is 0. The van der Waals surface area contributed by atoms with E-state index in [1.807, 2.05) is 11.5 Å². The van der Waals surface area contributed by atoms with Gasteiger partial charge in [-0.05, 0) is 49.6 Å². The first-order valence-electron chi connectivity index (χ1n) is 10.3. The van der Waals surface area contributed by atoms with Crippen LogP contribution in [-0.4, -0.2) is 54.9 Å². The number of halogens is 2. The number of rotatable bonds is 3. The maximum Gasteiger partial charge on any atom is 0.254 e. The third-order valence-electron chi connectivity index (χ3n) is 5.82. The number of aryl methyl sites for hydroxylation is 1. The molecule has 4 heterocycles. The molecule has 8 nitrogen and oxygen atoms in total. The summed E-state index contributed by atoms with van der Waals surface area (Å²) in [4.78, 5) is 37.8. The van der Waals surface area contributed by atoms with E-state index in [1.54, 1.807) is 11.8 Å². The van der Waals surface area contributed by atoms with E-state index in [2.05, 4.69) is 9.36 Å². The van der Waals surface area contributed by atoms with E-state index in [0.29, 0.717) is 46.8 Å². The van der Waals surface area contributed by atoms with Crippen molar-refractivity contribution in [1.82, 2.24) is 23.8 Å². The van der Waals surface area contributed by atoms with Crippen molar-refractivity contribution in [1.29, 1.82) is 0 Å². The average molecular weight is 458 g/mol. The number of nitrogens with zero attached hydrogens (tertiary/aromatic N) is 6. The number of carbonyl (C=O) groups is 2. The molecular formula is C21H20F2N6O2S. The monoisotopic (exact) mass is 458 g/mol. The van der Waals surface area contributed by atoms with Crippen molar-refractivity contribution < 1.29 is 18.4 Å². The molecule has 1 saturated heterocycles. The molecule has 2 amide bonds. The Bertz CT molecular complexity index is 1210. The maximum absolute atomic E-state index is 14.0. The highest BCUT2D eigenvalue weighted by Gasteiger charge is 2.40. The van der Waals surface area contributed by atoms with Gasteiger partial charge in [0.15, 0.2) is 16.6 Å². The lowest BCUT2D eigenvalue weighted by molar-refractivity contribution is -0.117. The molecule has 0 unspecified atom stereocenters. The zero-order valence-electron chi connectivity index (χ0n) is 17.5. The standard InChI is InChI=1S/C21H20F2N6O2S/c1-11-17-18(29-10-15(23)9-16(29)30)25-19(20-24-12(2)26-32-20)28(17)8-7-27(11)21(31)13-3-5-14(22)6-4-13/h3-6,11,15H,7-10H2,1-2H3/t11-,15-/m1/s1. The van der Waals surface area contributed by atoms with Gasteiger partial charge in [0.2, 0.25) is 5.91 Å². The minimum Gasteiger partial charge on any atom is -0.328 e. The Morgan fingerprint density at radius 3 is 2.56 bits per heavy atom. The van der Waals surface area contributed by atoms with Crippen molar-refractivity contribution in [2.45, 2.75) is 39.0 Å². The largest absolute Gasteiger partial charge is 0.328 e. The van der Waals surface area contributed by atoms with E-state index in [9.17, 15) is 18.4 Å². The number of fused-ring (bicyclic) bond motifs is 1. The molecule has 0 spiro atoms. The van der Waals surface area contributed by atoms with E-state index in [4.69, 9.17) is 4.98 Å². The fourth-order valence-electron chi connectivity index (χ4n) is 4.29. The molecule has 32 heavy (non-hydrogen) atoms. The zero-order valence-corrected chi connectivity index (χ0v) is 18.3. The van der Waals surface area contributed by atoms with Crippen molar-refractivity contribution in [2.75, 3.05) is 18.0 Å². The maximum atomic E-state index is 14.0. The Morgan fingerprint density at radius 2 is 1.94 bits per heavy atom. The van der Waals surface area contributed by atoms with Gasteiger partial charge in [-0.15, -0.1) is 0 Å². The second kappa shape index (κ2) is 7.73. The van der Waals surface area contributed by atoms with Crippen molar-refractivity contribution >= 4 is 29.2 Å². The summed E-state index contributed by atoms with van der Waals surface area (Å²) >= 11 is 1.20. The number of alkyl halides is 1. The summed E-state index contributed by atoms with van der Waals surface area (Å²) in [5.41, 5.74) is 1.02. The van der Waals surface area contributed by atoms with Gasteiger partial charge in [-0.2, -0.15) is 4.37 Å². The first kappa shape index (κ1) is 20.7. The molecule has 1 aromatic carbocycles. The van der Waals surface area contributed by atoms with Gasteiger partial charge in [-0.25, -0.2) is 18.7 Å². The van der Waals surface area contributed by atoms with E-state index in [-0.39, 0.29) is 24.8 Å². The van der Waals surface area contributed by atoms with Crippen LogP contribution in [-0.2, 0) is 11.3 Å². The summed E-state index contributed by atoms with van der Waals surface area (Å²) in [5, 5.41) is 0.601. The molecule has 2 aromatic heterocycles. The van der Waals surface area contributed by atoms with Gasteiger partial charge in [-0.1, -0.05) is 0 Å². The number of amides is 2. The number of anilines is 1. The Hall–Kier alpha value is -3.21. The first-order valence-corrected chi connectivity index (χ1v) is 11.0. The van der Waals surface area contributed by atoms with Crippen LogP contribution in [0.25, 0.3) is 10.8 Å². The predicted molar refractivity (Wildman–Crippen MR) is 114 cm³/mol. The molecule has 1 fully saturated rings. The number of imidazole rings is 1. The van der Waals surface area contributed by atoms with Crippen LogP contribution in [0.15, 0.2) is 24.3 Å². The summed E-state index contributed by atoms with van der Waals surface area (Å²) < 4.78 is 33.5. The molecule has 11 heteroatoms. The number of carbonyl (C=O) groups excluding carboxylic acids is 2. The Morgan fingerprint density at radius 1 is 1.19 bits per heavy atom. The first-order chi connectivity index (χ1) is 15.3. The van der Waals surface area contributed by atoms with Crippen LogP contribution in [0, 0.1) is 12.7 Å². The summed E-state index contributed by atoms with van der Waals surface area (Å²) in [5.74, 6) is 0.507. The minimum absolute atomic E-state index is 0.0734. The molecule has 0 radical (unpaired) electrons. The normalized spacial score (nSPS) is 20.7. The number of benzene rings is 1. The third kappa shape index (κ3) is 3.36. The van der Waals surface area contributed by atoms with Crippen molar-refractivity contribution in [2.24, 2.45) is 0 Å². The van der Waals surface area contributed by atoms with Gasteiger partial charge in [0, 0.05) is 18.7 Å². The van der Waals surface area contributed by atoms with Gasteiger partial charge in [0.25, 0.3) is 5.91 Å². The van der Waals surface area contributed by atoms with Crippen LogP contribution in [0.3, 0.4) is 0 Å². The van der Waals surface area contributed by atoms with Gasteiger partial charge in [-0.3, -0.25) is 14.5 Å². The second-order valence-electron chi connectivity index (χ2n) is 7.93. The van der Waals surface area contributed by atoms with Crippen molar-refractivity contribution in [3.63, 3.8) is 0 Å². The molecule has 0 bridgehead atoms. The average Bonchev–Trinajstić information content (AvgIpc) is 3.45. The molecule has 3 aromatic rings. The van der Waals surface area contributed by atoms with Gasteiger partial charge < -0.3 is 9.47 Å². The fourth-order valence-corrected chi connectivity index (χ4v) is 4.96. The molecule has 2 atom stereocenters. The number of hydrogen-bond donors (Lipinski definition) is 0. The molecule has 2 aliphatic rings. The Labute approximate surface area is 186 Å². The van der Waals surface area contributed by atoms with Gasteiger partial charge >= 0.3 is 0 Å². The fraction of sp³-hybridized carbons (Fsp3) is 0.381. The van der Waals surface area contributed by atoms with E-state index >= 15 is 0 Å². The SMILES string of the molecule is Cc1nsc(-c2nc(N3C[C@H](F)CC3=O)c3n2CCN(C(=O)c2ccc(F)cc2)[C@@H]3C)n1. The van der Waals surface area contributed by atoms with Crippen LogP contribution in [0.5, 0.6) is 0 Å². The van der Waals surface area contributed by atoms with Gasteiger partial charge in [0.05, 0.1) is 24.7 Å².